The van der Waals surface area contributed by atoms with E-state index in [1.54, 1.807) is 0 Å². The minimum absolute atomic E-state index is 0.472. The molecule has 0 rings (SSSR count). The number of ether oxygens (including phenoxy) is 1. The van der Waals surface area contributed by atoms with Crippen LogP contribution >= 0.6 is 0 Å². The van der Waals surface area contributed by atoms with Crippen molar-refractivity contribution in [2.45, 2.75) is 71.1 Å². The van der Waals surface area contributed by atoms with Gasteiger partial charge in [0.05, 0.1) is 6.61 Å². The van der Waals surface area contributed by atoms with E-state index in [-0.39, 0.29) is 0 Å². The predicted molar refractivity (Wildman–Crippen MR) is 70.5 cm³/mol. The number of carbonyl (C=O) groups is 1. The summed E-state index contributed by atoms with van der Waals surface area (Å²) in [5.41, 5.74) is 1.94. The molecule has 4 heteroatoms. The highest BCUT2D eigenvalue weighted by atomic mass is 16.5. The number of hydrazine groups is 1. The highest BCUT2D eigenvalue weighted by Gasteiger charge is 1.97. The Morgan fingerprint density at radius 1 is 0.941 bits per heavy atom. The second-order valence-electron chi connectivity index (χ2n) is 4.46. The predicted octanol–water partition coefficient (Wildman–Crippen LogP) is 3.51. The minimum atomic E-state index is -0.541. The first-order chi connectivity index (χ1) is 8.31. The lowest BCUT2D eigenvalue weighted by Crippen LogP contribution is -2.30. The van der Waals surface area contributed by atoms with Crippen LogP contribution in [0.5, 0.6) is 0 Å². The Labute approximate surface area is 105 Å². The Balaban J connectivity index is 2.96. The fourth-order valence-electron chi connectivity index (χ4n) is 1.80. The van der Waals surface area contributed by atoms with Crippen LogP contribution in [0.1, 0.15) is 71.1 Å². The number of amides is 1. The maximum absolute atomic E-state index is 10.6. The van der Waals surface area contributed by atoms with Crippen LogP contribution in [0.15, 0.2) is 0 Å². The van der Waals surface area contributed by atoms with Crippen molar-refractivity contribution in [1.29, 1.82) is 0 Å². The van der Waals surface area contributed by atoms with Crippen molar-refractivity contribution in [2.24, 2.45) is 5.84 Å². The maximum Gasteiger partial charge on any atom is 0.421 e. The molecule has 0 aromatic rings. The summed E-state index contributed by atoms with van der Waals surface area (Å²) in [6.45, 7) is 2.71. The van der Waals surface area contributed by atoms with Crippen molar-refractivity contribution < 1.29 is 9.53 Å². The minimum Gasteiger partial charge on any atom is -0.449 e. The van der Waals surface area contributed by atoms with Crippen molar-refractivity contribution in [3.8, 4) is 0 Å². The van der Waals surface area contributed by atoms with Crippen LogP contribution in [0.25, 0.3) is 0 Å². The maximum atomic E-state index is 10.6. The molecule has 0 spiro atoms. The van der Waals surface area contributed by atoms with Gasteiger partial charge in [-0.3, -0.25) is 5.43 Å². The van der Waals surface area contributed by atoms with E-state index in [1.165, 1.54) is 51.4 Å². The summed E-state index contributed by atoms with van der Waals surface area (Å²) < 4.78 is 4.79. The van der Waals surface area contributed by atoms with Crippen LogP contribution in [0.2, 0.25) is 0 Å². The van der Waals surface area contributed by atoms with Crippen molar-refractivity contribution in [3.63, 3.8) is 0 Å². The lowest BCUT2D eigenvalue weighted by Gasteiger charge is -2.04. The van der Waals surface area contributed by atoms with Crippen molar-refractivity contribution in [1.82, 2.24) is 5.43 Å². The molecule has 0 bridgehead atoms. The third-order valence-corrected chi connectivity index (χ3v) is 2.85. The van der Waals surface area contributed by atoms with E-state index in [2.05, 4.69) is 6.92 Å². The van der Waals surface area contributed by atoms with Crippen molar-refractivity contribution >= 4 is 6.09 Å². The molecule has 102 valence electrons. The summed E-state index contributed by atoms with van der Waals surface area (Å²) in [7, 11) is 0. The quantitative estimate of drug-likeness (QED) is 0.253. The van der Waals surface area contributed by atoms with E-state index in [0.29, 0.717) is 6.61 Å². The normalized spacial score (nSPS) is 10.2. The molecule has 0 unspecified atom stereocenters. The van der Waals surface area contributed by atoms with Gasteiger partial charge in [0.1, 0.15) is 0 Å². The molecule has 17 heavy (non-hydrogen) atoms. The average molecular weight is 244 g/mol. The smallest absolute Gasteiger partial charge is 0.421 e. The molecule has 0 aliphatic carbocycles. The molecule has 0 saturated carbocycles. The van der Waals surface area contributed by atoms with Crippen LogP contribution in [0, 0.1) is 0 Å². The number of nitrogens with one attached hydrogen (secondary N) is 1. The Hall–Kier alpha value is -0.770. The molecule has 3 N–H and O–H groups in total. The van der Waals surface area contributed by atoms with E-state index in [1.807, 2.05) is 5.43 Å². The van der Waals surface area contributed by atoms with Gasteiger partial charge in [-0.15, -0.1) is 0 Å². The molecule has 0 aromatic carbocycles. The SMILES string of the molecule is CCCCCCCCCCCCOC(=O)NN. The van der Waals surface area contributed by atoms with Crippen LogP contribution in [-0.4, -0.2) is 12.7 Å². The van der Waals surface area contributed by atoms with Gasteiger partial charge in [0, 0.05) is 0 Å². The second kappa shape index (κ2) is 13.3. The van der Waals surface area contributed by atoms with Gasteiger partial charge < -0.3 is 4.74 Å². The first kappa shape index (κ1) is 16.2. The van der Waals surface area contributed by atoms with Crippen molar-refractivity contribution in [2.75, 3.05) is 6.61 Å². The average Bonchev–Trinajstić information content (AvgIpc) is 2.35. The molecular formula is C13H28N2O2. The van der Waals surface area contributed by atoms with E-state index in [4.69, 9.17) is 10.6 Å². The zero-order valence-electron chi connectivity index (χ0n) is 11.2. The number of unbranched alkanes of at least 4 members (excludes halogenated alkanes) is 9. The van der Waals surface area contributed by atoms with Gasteiger partial charge in [-0.1, -0.05) is 64.7 Å². The number of hydrogen-bond donors (Lipinski definition) is 2. The Bertz CT molecular complexity index is 175. The molecule has 0 radical (unpaired) electrons. The standard InChI is InChI=1S/C13H28N2O2/c1-2-3-4-5-6-7-8-9-10-11-12-17-13(16)15-14/h2-12,14H2,1H3,(H,15,16). The summed E-state index contributed by atoms with van der Waals surface area (Å²) in [4.78, 5) is 10.6. The third kappa shape index (κ3) is 13.2. The molecule has 0 fully saturated rings. The van der Waals surface area contributed by atoms with Crippen molar-refractivity contribution in [3.05, 3.63) is 0 Å². The fraction of sp³-hybridized carbons (Fsp3) is 0.923. The van der Waals surface area contributed by atoms with Gasteiger partial charge in [-0.2, -0.15) is 0 Å². The summed E-state index contributed by atoms with van der Waals surface area (Å²) in [6, 6.07) is 0. The summed E-state index contributed by atoms with van der Waals surface area (Å²) >= 11 is 0. The monoisotopic (exact) mass is 244 g/mol. The van der Waals surface area contributed by atoms with Gasteiger partial charge in [-0.05, 0) is 6.42 Å². The number of rotatable bonds is 11. The largest absolute Gasteiger partial charge is 0.449 e. The molecule has 0 atom stereocenters. The molecule has 1 amide bonds. The number of carbonyl (C=O) groups excluding carboxylic acids is 1. The van der Waals surface area contributed by atoms with Gasteiger partial charge in [0.2, 0.25) is 0 Å². The second-order valence-corrected chi connectivity index (χ2v) is 4.46. The van der Waals surface area contributed by atoms with Gasteiger partial charge in [0.15, 0.2) is 0 Å². The summed E-state index contributed by atoms with van der Waals surface area (Å²) in [5, 5.41) is 0. The third-order valence-electron chi connectivity index (χ3n) is 2.85. The Kier molecular flexibility index (Phi) is 12.7. The summed E-state index contributed by atoms with van der Waals surface area (Å²) in [6.07, 6.45) is 12.2. The Morgan fingerprint density at radius 2 is 1.41 bits per heavy atom. The van der Waals surface area contributed by atoms with Crippen LogP contribution < -0.4 is 11.3 Å². The van der Waals surface area contributed by atoms with Gasteiger partial charge in [-0.25, -0.2) is 10.6 Å². The molecule has 0 aliphatic rings. The molecule has 0 aromatic heterocycles. The zero-order chi connectivity index (χ0) is 12.8. The van der Waals surface area contributed by atoms with Gasteiger partial charge in [0.25, 0.3) is 0 Å². The van der Waals surface area contributed by atoms with E-state index < -0.39 is 6.09 Å². The van der Waals surface area contributed by atoms with E-state index in [9.17, 15) is 4.79 Å². The molecule has 4 nitrogen and oxygen atoms in total. The lowest BCUT2D eigenvalue weighted by atomic mass is 10.1. The molecule has 0 saturated heterocycles. The molecule has 0 aliphatic heterocycles. The molecule has 0 heterocycles. The zero-order valence-corrected chi connectivity index (χ0v) is 11.2. The number of hydrogen-bond acceptors (Lipinski definition) is 3. The lowest BCUT2D eigenvalue weighted by molar-refractivity contribution is 0.144. The summed E-state index contributed by atoms with van der Waals surface area (Å²) in [5.74, 6) is 4.88. The van der Waals surface area contributed by atoms with Gasteiger partial charge >= 0.3 is 6.09 Å². The topological polar surface area (TPSA) is 64.3 Å². The van der Waals surface area contributed by atoms with Crippen LogP contribution in [-0.2, 0) is 4.74 Å². The highest BCUT2D eigenvalue weighted by Crippen LogP contribution is 2.10. The van der Waals surface area contributed by atoms with Crippen LogP contribution in [0.4, 0.5) is 4.79 Å². The number of nitrogens with two attached hydrogens (primary N) is 1. The Morgan fingerprint density at radius 3 is 1.88 bits per heavy atom. The molecular weight excluding hydrogens is 216 g/mol. The van der Waals surface area contributed by atoms with E-state index >= 15 is 0 Å². The first-order valence-corrected chi connectivity index (χ1v) is 6.94. The fourth-order valence-corrected chi connectivity index (χ4v) is 1.80. The first-order valence-electron chi connectivity index (χ1n) is 6.94. The van der Waals surface area contributed by atoms with E-state index in [0.717, 1.165) is 12.8 Å². The highest BCUT2D eigenvalue weighted by molar-refractivity contribution is 5.66. The van der Waals surface area contributed by atoms with Crippen LogP contribution in [0.3, 0.4) is 0 Å².